The number of hydrogen-bond acceptors (Lipinski definition) is 3. The van der Waals surface area contributed by atoms with E-state index in [2.05, 4.69) is 5.32 Å². The Morgan fingerprint density at radius 3 is 2.68 bits per heavy atom. The maximum absolute atomic E-state index is 12.6. The van der Waals surface area contributed by atoms with E-state index in [9.17, 15) is 14.7 Å². The Hall–Kier alpha value is -1.88. The average Bonchev–Trinajstić information content (AvgIpc) is 2.67. The van der Waals surface area contributed by atoms with E-state index >= 15 is 0 Å². The second-order valence-corrected chi connectivity index (χ2v) is 7.01. The highest BCUT2D eigenvalue weighted by Gasteiger charge is 2.30. The fourth-order valence-corrected chi connectivity index (χ4v) is 3.26. The first-order valence-electron chi connectivity index (χ1n) is 9.29. The number of nitrogens with zero attached hydrogens (tertiary/aromatic N) is 1. The van der Waals surface area contributed by atoms with Crippen LogP contribution >= 0.6 is 0 Å². The molecule has 1 heterocycles. The summed E-state index contributed by atoms with van der Waals surface area (Å²) < 4.78 is 0. The summed E-state index contributed by atoms with van der Waals surface area (Å²) in [6, 6.07) is 9.52. The summed E-state index contributed by atoms with van der Waals surface area (Å²) in [7, 11) is 0. The molecule has 3 atom stereocenters. The molecule has 5 heteroatoms. The first-order valence-corrected chi connectivity index (χ1v) is 9.29. The Balaban J connectivity index is 1.91. The molecule has 2 rings (SSSR count). The van der Waals surface area contributed by atoms with Crippen LogP contribution in [0.25, 0.3) is 0 Å². The molecule has 1 aliphatic rings. The van der Waals surface area contributed by atoms with Gasteiger partial charge in [0.15, 0.2) is 0 Å². The van der Waals surface area contributed by atoms with Gasteiger partial charge >= 0.3 is 0 Å². The van der Waals surface area contributed by atoms with Crippen molar-refractivity contribution in [1.29, 1.82) is 0 Å². The zero-order valence-electron chi connectivity index (χ0n) is 15.3. The van der Waals surface area contributed by atoms with E-state index in [0.717, 1.165) is 31.4 Å². The summed E-state index contributed by atoms with van der Waals surface area (Å²) >= 11 is 0. The number of carbonyl (C=O) groups excluding carboxylic acids is 2. The Labute approximate surface area is 150 Å². The fraction of sp³-hybridized carbons (Fsp3) is 0.600. The molecule has 0 aromatic heterocycles. The van der Waals surface area contributed by atoms with Crippen molar-refractivity contribution >= 4 is 11.8 Å². The van der Waals surface area contributed by atoms with Crippen molar-refractivity contribution in [3.63, 3.8) is 0 Å². The van der Waals surface area contributed by atoms with Gasteiger partial charge in [0, 0.05) is 19.0 Å². The molecule has 25 heavy (non-hydrogen) atoms. The third-order valence-corrected chi connectivity index (χ3v) is 5.03. The topological polar surface area (TPSA) is 69.6 Å². The van der Waals surface area contributed by atoms with Crippen LogP contribution in [0.3, 0.4) is 0 Å². The number of aliphatic hydroxyl groups is 1. The van der Waals surface area contributed by atoms with E-state index in [1.54, 1.807) is 0 Å². The van der Waals surface area contributed by atoms with E-state index in [-0.39, 0.29) is 36.3 Å². The number of benzene rings is 1. The van der Waals surface area contributed by atoms with Gasteiger partial charge in [-0.2, -0.15) is 0 Å². The first kappa shape index (κ1) is 19.4. The highest BCUT2D eigenvalue weighted by molar-refractivity contribution is 5.82. The largest absolute Gasteiger partial charge is 0.394 e. The minimum absolute atomic E-state index is 0.00471. The van der Waals surface area contributed by atoms with Crippen molar-refractivity contribution in [2.75, 3.05) is 19.7 Å². The molecule has 138 valence electrons. The standard InChI is InChI=1S/C20H30N2O3/c1-3-15(2)20(25)22-11-7-10-17(13-22)19(24)21-18(14-23)12-16-8-5-4-6-9-16/h4-6,8-9,15,17-18,23H,3,7,10-14H2,1-2H3,(H,21,24). The molecule has 1 fully saturated rings. The minimum atomic E-state index is -0.296. The molecule has 0 saturated carbocycles. The van der Waals surface area contributed by atoms with Gasteiger partial charge in [0.25, 0.3) is 0 Å². The van der Waals surface area contributed by atoms with E-state index in [0.29, 0.717) is 13.0 Å². The maximum atomic E-state index is 12.6. The SMILES string of the molecule is CCC(C)C(=O)N1CCCC(C(=O)NC(CO)Cc2ccccc2)C1. The quantitative estimate of drug-likeness (QED) is 0.793. The molecule has 2 N–H and O–H groups in total. The normalized spacial score (nSPS) is 20.0. The van der Waals surface area contributed by atoms with Crippen LogP contribution in [0.5, 0.6) is 0 Å². The lowest BCUT2D eigenvalue weighted by Gasteiger charge is -2.34. The lowest BCUT2D eigenvalue weighted by molar-refractivity contribution is -0.139. The highest BCUT2D eigenvalue weighted by Crippen LogP contribution is 2.20. The lowest BCUT2D eigenvalue weighted by atomic mass is 9.95. The van der Waals surface area contributed by atoms with Crippen LogP contribution in [0.15, 0.2) is 30.3 Å². The molecule has 1 saturated heterocycles. The van der Waals surface area contributed by atoms with Gasteiger partial charge in [-0.05, 0) is 31.2 Å². The Kier molecular flexibility index (Phi) is 7.44. The van der Waals surface area contributed by atoms with Gasteiger partial charge in [0.1, 0.15) is 0 Å². The molecule has 1 aromatic rings. The van der Waals surface area contributed by atoms with Crippen molar-refractivity contribution < 1.29 is 14.7 Å². The molecule has 1 aliphatic heterocycles. The van der Waals surface area contributed by atoms with E-state index in [1.165, 1.54) is 0 Å². The van der Waals surface area contributed by atoms with Gasteiger partial charge in [-0.1, -0.05) is 44.2 Å². The molecule has 0 radical (unpaired) electrons. The third kappa shape index (κ3) is 5.56. The minimum Gasteiger partial charge on any atom is -0.394 e. The summed E-state index contributed by atoms with van der Waals surface area (Å²) in [5.41, 5.74) is 1.08. The molecular weight excluding hydrogens is 316 g/mol. The van der Waals surface area contributed by atoms with Crippen LogP contribution < -0.4 is 5.32 Å². The van der Waals surface area contributed by atoms with Gasteiger partial charge < -0.3 is 15.3 Å². The molecule has 0 aliphatic carbocycles. The molecule has 2 amide bonds. The van der Waals surface area contributed by atoms with E-state index < -0.39 is 0 Å². The fourth-order valence-electron chi connectivity index (χ4n) is 3.26. The Bertz CT molecular complexity index is 561. The van der Waals surface area contributed by atoms with Crippen molar-refractivity contribution in [3.05, 3.63) is 35.9 Å². The van der Waals surface area contributed by atoms with E-state index in [4.69, 9.17) is 0 Å². The zero-order chi connectivity index (χ0) is 18.2. The second kappa shape index (κ2) is 9.56. The van der Waals surface area contributed by atoms with Gasteiger partial charge in [-0.15, -0.1) is 0 Å². The summed E-state index contributed by atoms with van der Waals surface area (Å²) in [5, 5.41) is 12.6. The Morgan fingerprint density at radius 2 is 2.04 bits per heavy atom. The first-order chi connectivity index (χ1) is 12.0. The van der Waals surface area contributed by atoms with Crippen LogP contribution in [-0.2, 0) is 16.0 Å². The molecular formula is C20H30N2O3. The smallest absolute Gasteiger partial charge is 0.225 e. The van der Waals surface area contributed by atoms with Crippen LogP contribution in [0.4, 0.5) is 0 Å². The highest BCUT2D eigenvalue weighted by atomic mass is 16.3. The Morgan fingerprint density at radius 1 is 1.32 bits per heavy atom. The summed E-state index contributed by atoms with van der Waals surface area (Å²) in [6.07, 6.45) is 3.06. The molecule has 1 aromatic carbocycles. The van der Waals surface area contributed by atoms with Gasteiger partial charge in [0.2, 0.25) is 11.8 Å². The van der Waals surface area contributed by atoms with Crippen LogP contribution in [-0.4, -0.2) is 47.6 Å². The van der Waals surface area contributed by atoms with Crippen molar-refractivity contribution in [1.82, 2.24) is 10.2 Å². The molecule has 0 bridgehead atoms. The maximum Gasteiger partial charge on any atom is 0.225 e. The number of piperidine rings is 1. The number of aliphatic hydroxyl groups excluding tert-OH is 1. The van der Waals surface area contributed by atoms with Gasteiger partial charge in [-0.3, -0.25) is 9.59 Å². The number of nitrogens with one attached hydrogen (secondary N) is 1. The van der Waals surface area contributed by atoms with Crippen molar-refractivity contribution in [2.24, 2.45) is 11.8 Å². The van der Waals surface area contributed by atoms with Crippen molar-refractivity contribution in [2.45, 2.75) is 45.6 Å². The number of rotatable bonds is 7. The summed E-state index contributed by atoms with van der Waals surface area (Å²) in [6.45, 7) is 5.07. The van der Waals surface area contributed by atoms with Gasteiger partial charge in [0.05, 0.1) is 18.6 Å². The third-order valence-electron chi connectivity index (χ3n) is 5.03. The van der Waals surface area contributed by atoms with Crippen LogP contribution in [0, 0.1) is 11.8 Å². The number of likely N-dealkylation sites (tertiary alicyclic amines) is 1. The number of hydrogen-bond donors (Lipinski definition) is 2. The molecule has 3 unspecified atom stereocenters. The average molecular weight is 346 g/mol. The lowest BCUT2D eigenvalue weighted by Crippen LogP contribution is -2.49. The number of carbonyl (C=O) groups is 2. The summed E-state index contributed by atoms with van der Waals surface area (Å²) in [4.78, 5) is 26.8. The van der Waals surface area contributed by atoms with Crippen LogP contribution in [0.1, 0.15) is 38.7 Å². The molecule has 0 spiro atoms. The number of amides is 2. The second-order valence-electron chi connectivity index (χ2n) is 7.01. The predicted octanol–water partition coefficient (Wildman–Crippen LogP) is 1.99. The van der Waals surface area contributed by atoms with Crippen molar-refractivity contribution in [3.8, 4) is 0 Å². The molecule has 5 nitrogen and oxygen atoms in total. The predicted molar refractivity (Wildman–Crippen MR) is 97.9 cm³/mol. The monoisotopic (exact) mass is 346 g/mol. The zero-order valence-corrected chi connectivity index (χ0v) is 15.3. The van der Waals surface area contributed by atoms with Gasteiger partial charge in [-0.25, -0.2) is 0 Å². The summed E-state index contributed by atoms with van der Waals surface area (Å²) in [5.74, 6) is -0.101. The van der Waals surface area contributed by atoms with E-state index in [1.807, 2.05) is 49.1 Å². The van der Waals surface area contributed by atoms with Crippen LogP contribution in [0.2, 0.25) is 0 Å².